The van der Waals surface area contributed by atoms with Gasteiger partial charge < -0.3 is 9.47 Å². The molecule has 0 aliphatic carbocycles. The van der Waals surface area contributed by atoms with Crippen molar-refractivity contribution in [1.82, 2.24) is 14.8 Å². The first-order valence-corrected chi connectivity index (χ1v) is 4.77. The summed E-state index contributed by atoms with van der Waals surface area (Å²) in [6, 6.07) is 5.44. The minimum absolute atomic E-state index is 0.234. The highest BCUT2D eigenvalue weighted by atomic mass is 16.7. The lowest BCUT2D eigenvalue weighted by Crippen LogP contribution is -2.13. The first-order chi connectivity index (χ1) is 7.75. The predicted octanol–water partition coefficient (Wildman–Crippen LogP) is 0.504. The van der Waals surface area contributed by atoms with Gasteiger partial charge in [-0.1, -0.05) is 0 Å². The van der Waals surface area contributed by atoms with Gasteiger partial charge in [0.2, 0.25) is 6.79 Å². The van der Waals surface area contributed by atoms with Crippen molar-refractivity contribution >= 4 is 0 Å². The Labute approximate surface area is 90.4 Å². The summed E-state index contributed by atoms with van der Waals surface area (Å²) in [5.41, 5.74) is 0.567. The summed E-state index contributed by atoms with van der Waals surface area (Å²) in [6.07, 6.45) is 0. The fraction of sp³-hybridized carbons (Fsp3) is 0.200. The summed E-state index contributed by atoms with van der Waals surface area (Å²) in [6.45, 7) is 0.234. The number of rotatable bonds is 1. The van der Waals surface area contributed by atoms with E-state index < -0.39 is 0 Å². The van der Waals surface area contributed by atoms with Crippen LogP contribution >= 0.6 is 0 Å². The van der Waals surface area contributed by atoms with Gasteiger partial charge in [0.05, 0.1) is 0 Å². The van der Waals surface area contributed by atoms with Crippen LogP contribution in [0.3, 0.4) is 0 Å². The van der Waals surface area contributed by atoms with E-state index in [0.29, 0.717) is 17.3 Å². The molecule has 2 aromatic rings. The Bertz CT molecular complexity index is 600. The lowest BCUT2D eigenvalue weighted by atomic mass is 10.2. The van der Waals surface area contributed by atoms with Gasteiger partial charge in [0.1, 0.15) is 0 Å². The lowest BCUT2D eigenvalue weighted by Gasteiger charge is -2.01. The molecule has 6 heteroatoms. The van der Waals surface area contributed by atoms with Crippen molar-refractivity contribution in [2.75, 3.05) is 6.79 Å². The molecule has 6 nitrogen and oxygen atoms in total. The van der Waals surface area contributed by atoms with Crippen molar-refractivity contribution < 1.29 is 9.47 Å². The minimum atomic E-state index is -0.243. The number of benzene rings is 1. The standard InChI is InChI=1S/C10H9N3O3/c1-13-9(11-12-10(13)14)6-2-3-7-8(4-6)16-5-15-7/h2-4H,5H2,1H3,(H,12,14). The van der Waals surface area contributed by atoms with Crippen molar-refractivity contribution in [1.29, 1.82) is 0 Å². The summed E-state index contributed by atoms with van der Waals surface area (Å²) in [5, 5.41) is 6.33. The van der Waals surface area contributed by atoms with E-state index >= 15 is 0 Å². The maximum atomic E-state index is 11.2. The number of aromatic nitrogens is 3. The van der Waals surface area contributed by atoms with Crippen LogP contribution in [-0.2, 0) is 7.05 Å². The molecule has 0 atom stereocenters. The second-order valence-corrected chi connectivity index (χ2v) is 3.48. The van der Waals surface area contributed by atoms with Crippen LogP contribution in [0.5, 0.6) is 11.5 Å². The molecule has 0 bridgehead atoms. The molecular weight excluding hydrogens is 210 g/mol. The predicted molar refractivity (Wildman–Crippen MR) is 55.4 cm³/mol. The molecule has 3 rings (SSSR count). The van der Waals surface area contributed by atoms with Gasteiger partial charge in [0.15, 0.2) is 17.3 Å². The van der Waals surface area contributed by atoms with Crippen molar-refractivity contribution in [2.24, 2.45) is 7.05 Å². The zero-order valence-corrected chi connectivity index (χ0v) is 8.56. The van der Waals surface area contributed by atoms with Crippen LogP contribution in [0, 0.1) is 0 Å². The second kappa shape index (κ2) is 3.13. The Morgan fingerprint density at radius 3 is 2.94 bits per heavy atom. The molecule has 0 saturated carbocycles. The summed E-state index contributed by atoms with van der Waals surface area (Å²) >= 11 is 0. The van der Waals surface area contributed by atoms with Crippen molar-refractivity contribution in [3.05, 3.63) is 28.7 Å². The Hall–Kier alpha value is -2.24. The maximum absolute atomic E-state index is 11.2. The smallest absolute Gasteiger partial charge is 0.343 e. The van der Waals surface area contributed by atoms with Gasteiger partial charge in [-0.2, -0.15) is 5.10 Å². The fourth-order valence-corrected chi connectivity index (χ4v) is 1.64. The lowest BCUT2D eigenvalue weighted by molar-refractivity contribution is 0.174. The van der Waals surface area contributed by atoms with Crippen LogP contribution < -0.4 is 15.2 Å². The zero-order valence-electron chi connectivity index (χ0n) is 8.56. The van der Waals surface area contributed by atoms with Crippen LogP contribution in [-0.4, -0.2) is 21.6 Å². The van der Waals surface area contributed by atoms with Gasteiger partial charge in [-0.3, -0.25) is 4.57 Å². The summed E-state index contributed by atoms with van der Waals surface area (Å²) < 4.78 is 11.9. The molecule has 0 saturated heterocycles. The summed E-state index contributed by atoms with van der Waals surface area (Å²) in [7, 11) is 1.66. The van der Waals surface area contributed by atoms with Gasteiger partial charge in [0, 0.05) is 12.6 Å². The third-order valence-corrected chi connectivity index (χ3v) is 2.51. The Morgan fingerprint density at radius 1 is 1.38 bits per heavy atom. The number of nitrogens with zero attached hydrogens (tertiary/aromatic N) is 2. The number of aromatic amines is 1. The zero-order chi connectivity index (χ0) is 11.1. The van der Waals surface area contributed by atoms with Gasteiger partial charge in [-0.25, -0.2) is 9.89 Å². The van der Waals surface area contributed by atoms with E-state index in [1.54, 1.807) is 19.2 Å². The Morgan fingerprint density at radius 2 is 2.19 bits per heavy atom. The van der Waals surface area contributed by atoms with E-state index in [2.05, 4.69) is 10.2 Å². The minimum Gasteiger partial charge on any atom is -0.454 e. The van der Waals surface area contributed by atoms with E-state index in [-0.39, 0.29) is 12.5 Å². The van der Waals surface area contributed by atoms with E-state index in [9.17, 15) is 4.79 Å². The van der Waals surface area contributed by atoms with Crippen LogP contribution in [0.25, 0.3) is 11.4 Å². The first-order valence-electron chi connectivity index (χ1n) is 4.77. The number of hydrogen-bond acceptors (Lipinski definition) is 4. The number of fused-ring (bicyclic) bond motifs is 1. The van der Waals surface area contributed by atoms with Crippen LogP contribution in [0.4, 0.5) is 0 Å². The monoisotopic (exact) mass is 219 g/mol. The molecule has 0 amide bonds. The number of hydrogen-bond donors (Lipinski definition) is 1. The van der Waals surface area contributed by atoms with Gasteiger partial charge >= 0.3 is 5.69 Å². The fourth-order valence-electron chi connectivity index (χ4n) is 1.64. The molecule has 0 radical (unpaired) electrons. The van der Waals surface area contributed by atoms with Crippen LogP contribution in [0.15, 0.2) is 23.0 Å². The van der Waals surface area contributed by atoms with E-state index in [4.69, 9.17) is 9.47 Å². The SMILES string of the molecule is Cn1c(-c2ccc3c(c2)OCO3)n[nH]c1=O. The molecule has 1 aromatic heterocycles. The molecule has 1 aliphatic rings. The third-order valence-electron chi connectivity index (χ3n) is 2.51. The first kappa shape index (κ1) is 9.02. The second-order valence-electron chi connectivity index (χ2n) is 3.48. The molecule has 1 aromatic carbocycles. The highest BCUT2D eigenvalue weighted by Gasteiger charge is 2.15. The molecule has 82 valence electrons. The van der Waals surface area contributed by atoms with E-state index in [1.807, 2.05) is 6.07 Å². The molecule has 0 unspecified atom stereocenters. The summed E-state index contributed by atoms with van der Waals surface area (Å²) in [4.78, 5) is 11.2. The number of nitrogens with one attached hydrogen (secondary N) is 1. The van der Waals surface area contributed by atoms with Crippen LogP contribution in [0.2, 0.25) is 0 Å². The maximum Gasteiger partial charge on any atom is 0.343 e. The topological polar surface area (TPSA) is 69.1 Å². The Balaban J connectivity index is 2.14. The third kappa shape index (κ3) is 1.19. The molecule has 1 aliphatic heterocycles. The van der Waals surface area contributed by atoms with Gasteiger partial charge in [-0.15, -0.1) is 0 Å². The summed E-state index contributed by atoms with van der Waals surface area (Å²) in [5.74, 6) is 1.96. The van der Waals surface area contributed by atoms with E-state index in [0.717, 1.165) is 5.56 Å². The molecule has 0 spiro atoms. The number of ether oxygens (including phenoxy) is 2. The van der Waals surface area contributed by atoms with Crippen molar-refractivity contribution in [3.63, 3.8) is 0 Å². The highest BCUT2D eigenvalue weighted by molar-refractivity contribution is 5.61. The molecule has 2 heterocycles. The normalized spacial score (nSPS) is 13.1. The average Bonchev–Trinajstić information content (AvgIpc) is 2.86. The van der Waals surface area contributed by atoms with Crippen molar-refractivity contribution in [3.8, 4) is 22.9 Å². The molecule has 0 fully saturated rings. The largest absolute Gasteiger partial charge is 0.454 e. The number of H-pyrrole nitrogens is 1. The molecule has 1 N–H and O–H groups in total. The van der Waals surface area contributed by atoms with Gasteiger partial charge in [0.25, 0.3) is 0 Å². The molecular formula is C10H9N3O3. The van der Waals surface area contributed by atoms with E-state index in [1.165, 1.54) is 4.57 Å². The Kier molecular flexibility index (Phi) is 1.76. The van der Waals surface area contributed by atoms with Crippen molar-refractivity contribution in [2.45, 2.75) is 0 Å². The molecule has 16 heavy (non-hydrogen) atoms. The highest BCUT2D eigenvalue weighted by Crippen LogP contribution is 2.34. The quantitative estimate of drug-likeness (QED) is 0.758. The van der Waals surface area contributed by atoms with Gasteiger partial charge in [-0.05, 0) is 18.2 Å². The van der Waals surface area contributed by atoms with Crippen LogP contribution in [0.1, 0.15) is 0 Å². The average molecular weight is 219 g/mol.